The van der Waals surface area contributed by atoms with Crippen molar-refractivity contribution in [3.05, 3.63) is 65.7 Å². The molecule has 5 rings (SSSR count). The third kappa shape index (κ3) is 6.19. The number of benzene rings is 2. The first-order chi connectivity index (χ1) is 18.3. The Morgan fingerprint density at radius 3 is 2.21 bits per heavy atom. The van der Waals surface area contributed by atoms with Crippen molar-refractivity contribution in [3.8, 4) is 5.75 Å². The molecule has 208 valence electrons. The van der Waals surface area contributed by atoms with E-state index in [-0.39, 0.29) is 17.2 Å². The lowest BCUT2D eigenvalue weighted by Crippen LogP contribution is -2.57. The SMILES string of the molecule is OC1(C(CN2CCC(c3ccccc3)(N3CCOCC3)CC2)c2cccc(OC(F)(F)F)c2)CCCCC1. The highest BCUT2D eigenvalue weighted by Gasteiger charge is 2.44. The van der Waals surface area contributed by atoms with Crippen molar-refractivity contribution >= 4 is 0 Å². The molecule has 0 spiro atoms. The second-order valence-corrected chi connectivity index (χ2v) is 11.1. The second-order valence-electron chi connectivity index (χ2n) is 11.1. The number of alkyl halides is 3. The summed E-state index contributed by atoms with van der Waals surface area (Å²) in [5.41, 5.74) is 1.05. The molecule has 0 bridgehead atoms. The van der Waals surface area contributed by atoms with Gasteiger partial charge in [0, 0.05) is 44.2 Å². The number of hydrogen-bond donors (Lipinski definition) is 1. The highest BCUT2D eigenvalue weighted by Crippen LogP contribution is 2.44. The smallest absolute Gasteiger partial charge is 0.406 e. The van der Waals surface area contributed by atoms with Gasteiger partial charge in [-0.15, -0.1) is 13.2 Å². The van der Waals surface area contributed by atoms with Gasteiger partial charge in [0.1, 0.15) is 5.75 Å². The van der Waals surface area contributed by atoms with Crippen molar-refractivity contribution < 1.29 is 27.8 Å². The monoisotopic (exact) mass is 532 g/mol. The molecule has 0 radical (unpaired) electrons. The van der Waals surface area contributed by atoms with Gasteiger partial charge in [-0.25, -0.2) is 0 Å². The number of hydrogen-bond acceptors (Lipinski definition) is 5. The maximum absolute atomic E-state index is 13.0. The van der Waals surface area contributed by atoms with Crippen molar-refractivity contribution in [1.82, 2.24) is 9.80 Å². The van der Waals surface area contributed by atoms with Gasteiger partial charge in [0.05, 0.1) is 18.8 Å². The zero-order chi connectivity index (χ0) is 26.6. The number of piperidine rings is 1. The summed E-state index contributed by atoms with van der Waals surface area (Å²) in [7, 11) is 0. The Morgan fingerprint density at radius 2 is 1.55 bits per heavy atom. The maximum atomic E-state index is 13.0. The van der Waals surface area contributed by atoms with Gasteiger partial charge in [0.2, 0.25) is 0 Å². The minimum Gasteiger partial charge on any atom is -0.406 e. The number of likely N-dealkylation sites (tertiary alicyclic amines) is 1. The molecule has 1 aliphatic carbocycles. The Balaban J connectivity index is 1.37. The van der Waals surface area contributed by atoms with Crippen LogP contribution in [0.5, 0.6) is 5.75 Å². The minimum absolute atomic E-state index is 0.0563. The Morgan fingerprint density at radius 1 is 0.868 bits per heavy atom. The third-order valence-electron chi connectivity index (χ3n) is 8.91. The summed E-state index contributed by atoms with van der Waals surface area (Å²) in [5, 5.41) is 11.8. The summed E-state index contributed by atoms with van der Waals surface area (Å²) in [5.74, 6) is -0.513. The molecular formula is C30H39F3N2O3. The first-order valence-electron chi connectivity index (χ1n) is 14.0. The van der Waals surface area contributed by atoms with E-state index in [1.54, 1.807) is 6.07 Å². The van der Waals surface area contributed by atoms with Crippen molar-refractivity contribution in [1.29, 1.82) is 0 Å². The van der Waals surface area contributed by atoms with Gasteiger partial charge < -0.3 is 19.5 Å². The molecular weight excluding hydrogens is 493 g/mol. The molecule has 1 atom stereocenters. The number of nitrogens with zero attached hydrogens (tertiary/aromatic N) is 2. The topological polar surface area (TPSA) is 45.2 Å². The van der Waals surface area contributed by atoms with Gasteiger partial charge in [0.15, 0.2) is 0 Å². The molecule has 1 saturated carbocycles. The number of aliphatic hydroxyl groups is 1. The standard InChI is InChI=1S/C30H39F3N2O3/c31-30(32,33)38-26-11-7-8-24(22-26)27(29(36)12-5-2-6-13-29)23-34-16-14-28(15-17-34,25-9-3-1-4-10-25)35-18-20-37-21-19-35/h1,3-4,7-11,22,27,36H,2,5-6,12-21,23H2. The number of rotatable bonds is 7. The molecule has 8 heteroatoms. The quantitative estimate of drug-likeness (QED) is 0.497. The van der Waals surface area contributed by atoms with E-state index < -0.39 is 12.0 Å². The van der Waals surface area contributed by atoms with Crippen LogP contribution in [0.4, 0.5) is 13.2 Å². The molecule has 1 N–H and O–H groups in total. The summed E-state index contributed by atoms with van der Waals surface area (Å²) >= 11 is 0. The molecule has 2 aromatic carbocycles. The van der Waals surface area contributed by atoms with E-state index in [2.05, 4.69) is 44.9 Å². The molecule has 1 unspecified atom stereocenters. The Hall–Kier alpha value is -2.13. The Bertz CT molecular complexity index is 1030. The van der Waals surface area contributed by atoms with Crippen LogP contribution in [0.15, 0.2) is 54.6 Å². The number of halogens is 3. The lowest BCUT2D eigenvalue weighted by Gasteiger charge is -2.51. The molecule has 2 aliphatic heterocycles. The fraction of sp³-hybridized carbons (Fsp3) is 0.600. The van der Waals surface area contributed by atoms with Crippen molar-refractivity contribution in [3.63, 3.8) is 0 Å². The number of ether oxygens (including phenoxy) is 2. The van der Waals surface area contributed by atoms with Crippen molar-refractivity contribution in [2.24, 2.45) is 0 Å². The fourth-order valence-electron chi connectivity index (χ4n) is 6.92. The molecule has 0 aromatic heterocycles. The lowest BCUT2D eigenvalue weighted by atomic mass is 9.72. The predicted octanol–water partition coefficient (Wildman–Crippen LogP) is 5.69. The first-order valence-corrected chi connectivity index (χ1v) is 14.0. The summed E-state index contributed by atoms with van der Waals surface area (Å²) in [6.07, 6.45) is 1.44. The molecule has 2 saturated heterocycles. The average molecular weight is 533 g/mol. The summed E-state index contributed by atoms with van der Waals surface area (Å²) in [4.78, 5) is 4.98. The van der Waals surface area contributed by atoms with Gasteiger partial charge in [0.25, 0.3) is 0 Å². The van der Waals surface area contributed by atoms with Gasteiger partial charge in [-0.2, -0.15) is 0 Å². The summed E-state index contributed by atoms with van der Waals surface area (Å²) < 4.78 is 48.7. The Labute approximate surface area is 223 Å². The molecule has 3 fully saturated rings. The van der Waals surface area contributed by atoms with Crippen LogP contribution in [0.1, 0.15) is 62.0 Å². The largest absolute Gasteiger partial charge is 0.573 e. The van der Waals surface area contributed by atoms with Gasteiger partial charge in [-0.05, 0) is 48.9 Å². The molecule has 5 nitrogen and oxygen atoms in total. The average Bonchev–Trinajstić information content (AvgIpc) is 2.93. The minimum atomic E-state index is -4.75. The fourth-order valence-corrected chi connectivity index (χ4v) is 6.92. The zero-order valence-corrected chi connectivity index (χ0v) is 22.0. The van der Waals surface area contributed by atoms with Crippen LogP contribution in [0.2, 0.25) is 0 Å². The van der Waals surface area contributed by atoms with E-state index in [0.29, 0.717) is 24.9 Å². The van der Waals surface area contributed by atoms with Crippen molar-refractivity contribution in [2.45, 2.75) is 68.4 Å². The van der Waals surface area contributed by atoms with Crippen LogP contribution >= 0.6 is 0 Å². The van der Waals surface area contributed by atoms with E-state index in [1.807, 2.05) is 6.07 Å². The van der Waals surface area contributed by atoms with Crippen molar-refractivity contribution in [2.75, 3.05) is 45.9 Å². The lowest BCUT2D eigenvalue weighted by molar-refractivity contribution is -0.274. The predicted molar refractivity (Wildman–Crippen MR) is 140 cm³/mol. The molecule has 3 aliphatic rings. The van der Waals surface area contributed by atoms with Crippen LogP contribution in [0.3, 0.4) is 0 Å². The van der Waals surface area contributed by atoms with Crippen LogP contribution in [-0.4, -0.2) is 72.8 Å². The highest BCUT2D eigenvalue weighted by molar-refractivity contribution is 5.33. The van der Waals surface area contributed by atoms with Crippen LogP contribution in [0.25, 0.3) is 0 Å². The Kier molecular flexibility index (Phi) is 8.33. The maximum Gasteiger partial charge on any atom is 0.573 e. The van der Waals surface area contributed by atoms with Crippen LogP contribution in [0, 0.1) is 0 Å². The molecule has 2 heterocycles. The molecule has 38 heavy (non-hydrogen) atoms. The van der Waals surface area contributed by atoms with Gasteiger partial charge in [-0.3, -0.25) is 4.90 Å². The zero-order valence-electron chi connectivity index (χ0n) is 22.0. The third-order valence-corrected chi connectivity index (χ3v) is 8.91. The second kappa shape index (κ2) is 11.5. The van der Waals surface area contributed by atoms with E-state index in [1.165, 1.54) is 17.7 Å². The summed E-state index contributed by atoms with van der Waals surface area (Å²) in [6.45, 7) is 5.62. The van der Waals surface area contributed by atoms with E-state index in [9.17, 15) is 18.3 Å². The summed E-state index contributed by atoms with van der Waals surface area (Å²) in [6, 6.07) is 17.0. The molecule has 0 amide bonds. The van der Waals surface area contributed by atoms with E-state index in [4.69, 9.17) is 4.74 Å². The number of morpholine rings is 1. The highest BCUT2D eigenvalue weighted by atomic mass is 19.4. The van der Waals surface area contributed by atoms with Gasteiger partial charge in [-0.1, -0.05) is 61.7 Å². The van der Waals surface area contributed by atoms with Crippen LogP contribution < -0.4 is 4.74 Å². The van der Waals surface area contributed by atoms with E-state index >= 15 is 0 Å². The normalized spacial score (nSPS) is 23.6. The van der Waals surface area contributed by atoms with Crippen LogP contribution in [-0.2, 0) is 10.3 Å². The first kappa shape index (κ1) is 27.4. The molecule has 2 aromatic rings. The van der Waals surface area contributed by atoms with Gasteiger partial charge >= 0.3 is 6.36 Å². The van der Waals surface area contributed by atoms with E-state index in [0.717, 1.165) is 71.5 Å².